The molecule has 3 aromatic rings. The minimum absolute atomic E-state index is 0.275. The Morgan fingerprint density at radius 2 is 1.81 bits per heavy atom. The van der Waals surface area contributed by atoms with E-state index in [1.54, 1.807) is 49.4 Å². The van der Waals surface area contributed by atoms with Gasteiger partial charge in [0.1, 0.15) is 12.4 Å². The van der Waals surface area contributed by atoms with Crippen molar-refractivity contribution in [2.75, 3.05) is 0 Å². The maximum Gasteiger partial charge on any atom is 0.283 e. The van der Waals surface area contributed by atoms with Gasteiger partial charge in [-0.15, -0.1) is 0 Å². The quantitative estimate of drug-likeness (QED) is 0.307. The van der Waals surface area contributed by atoms with Crippen LogP contribution in [-0.2, 0) is 11.4 Å². The first-order chi connectivity index (χ1) is 15.4. The van der Waals surface area contributed by atoms with E-state index in [-0.39, 0.29) is 6.61 Å². The molecule has 0 radical (unpaired) electrons. The number of rotatable bonds is 5. The summed E-state index contributed by atoms with van der Waals surface area (Å²) in [4.78, 5) is 25.7. The molecule has 4 rings (SSSR count). The lowest BCUT2D eigenvalue weighted by Gasteiger charge is -2.12. The molecular formula is C25H18BrClN2O3. The number of benzene rings is 3. The van der Waals surface area contributed by atoms with Gasteiger partial charge in [0.2, 0.25) is 0 Å². The maximum absolute atomic E-state index is 13.0. The van der Waals surface area contributed by atoms with Gasteiger partial charge in [0.05, 0.1) is 11.3 Å². The summed E-state index contributed by atoms with van der Waals surface area (Å²) < 4.78 is 6.83. The summed E-state index contributed by atoms with van der Waals surface area (Å²) in [6.45, 7) is 1.97. The Morgan fingerprint density at radius 3 is 2.56 bits per heavy atom. The van der Waals surface area contributed by atoms with Crippen LogP contribution in [0.4, 0.5) is 0 Å². The first-order valence-corrected chi connectivity index (χ1v) is 11.0. The molecule has 2 amide bonds. The summed E-state index contributed by atoms with van der Waals surface area (Å²) >= 11 is 9.69. The number of nitrogens with zero attached hydrogens (tertiary/aromatic N) is 2. The Kier molecular flexibility index (Phi) is 6.53. The average molecular weight is 510 g/mol. The Hall–Kier alpha value is -3.22. The maximum atomic E-state index is 13.0. The average Bonchev–Trinajstić information content (AvgIpc) is 3.08. The minimum atomic E-state index is -0.478. The van der Waals surface area contributed by atoms with Crippen LogP contribution in [-0.4, -0.2) is 22.5 Å². The molecule has 0 unspecified atom stereocenters. The number of hydrogen-bond acceptors (Lipinski definition) is 4. The first kappa shape index (κ1) is 22.0. The number of carbonyl (C=O) groups excluding carboxylic acids is 2. The van der Waals surface area contributed by atoms with Crippen molar-refractivity contribution in [1.29, 1.82) is 0 Å². The topological polar surface area (TPSA) is 59.0 Å². The van der Waals surface area contributed by atoms with E-state index >= 15 is 0 Å². The van der Waals surface area contributed by atoms with Crippen LogP contribution in [0.5, 0.6) is 5.75 Å². The monoisotopic (exact) mass is 508 g/mol. The molecule has 1 heterocycles. The minimum Gasteiger partial charge on any atom is -0.488 e. The zero-order valence-electron chi connectivity index (χ0n) is 17.1. The van der Waals surface area contributed by atoms with Gasteiger partial charge >= 0.3 is 0 Å². The van der Waals surface area contributed by atoms with Gasteiger partial charge in [-0.2, -0.15) is 10.1 Å². The van der Waals surface area contributed by atoms with Crippen LogP contribution in [0.3, 0.4) is 0 Å². The Bertz CT molecular complexity index is 1260. The van der Waals surface area contributed by atoms with Crippen LogP contribution in [0.15, 0.2) is 87.9 Å². The van der Waals surface area contributed by atoms with Gasteiger partial charge in [-0.1, -0.05) is 63.9 Å². The number of imide groups is 1. The van der Waals surface area contributed by atoms with Crippen LogP contribution in [0.25, 0.3) is 6.08 Å². The van der Waals surface area contributed by atoms with E-state index in [1.807, 2.05) is 36.4 Å². The smallest absolute Gasteiger partial charge is 0.283 e. The Balaban J connectivity index is 1.61. The van der Waals surface area contributed by atoms with Gasteiger partial charge < -0.3 is 4.74 Å². The lowest BCUT2D eigenvalue weighted by atomic mass is 10.1. The number of amides is 2. The van der Waals surface area contributed by atoms with Gasteiger partial charge in [-0.25, -0.2) is 0 Å². The third-order valence-corrected chi connectivity index (χ3v) is 5.75. The van der Waals surface area contributed by atoms with Crippen molar-refractivity contribution in [3.8, 4) is 5.75 Å². The van der Waals surface area contributed by atoms with E-state index in [2.05, 4.69) is 21.0 Å². The molecule has 0 N–H and O–H groups in total. The molecule has 32 heavy (non-hydrogen) atoms. The molecule has 0 saturated carbocycles. The van der Waals surface area contributed by atoms with Gasteiger partial charge in [-0.05, 0) is 49.4 Å². The summed E-state index contributed by atoms with van der Waals surface area (Å²) in [5.41, 5.74) is 2.71. The molecule has 0 saturated heterocycles. The van der Waals surface area contributed by atoms with Crippen LogP contribution in [0.2, 0.25) is 5.02 Å². The Labute approximate surface area is 199 Å². The zero-order chi connectivity index (χ0) is 22.7. The highest BCUT2D eigenvalue weighted by atomic mass is 79.9. The number of carbonyl (C=O) groups is 2. The molecule has 0 spiro atoms. The summed E-state index contributed by atoms with van der Waals surface area (Å²) in [5, 5.41) is 5.71. The third kappa shape index (κ3) is 4.66. The fourth-order valence-electron chi connectivity index (χ4n) is 3.21. The molecule has 160 valence electrons. The largest absolute Gasteiger partial charge is 0.488 e. The lowest BCUT2D eigenvalue weighted by molar-refractivity contribution is -0.123. The van der Waals surface area contributed by atoms with Gasteiger partial charge in [0.25, 0.3) is 11.8 Å². The van der Waals surface area contributed by atoms with E-state index in [0.29, 0.717) is 33.2 Å². The van der Waals surface area contributed by atoms with Crippen LogP contribution in [0, 0.1) is 0 Å². The predicted molar refractivity (Wildman–Crippen MR) is 129 cm³/mol. The highest BCUT2D eigenvalue weighted by Gasteiger charge is 2.33. The fourth-order valence-corrected chi connectivity index (χ4v) is 3.78. The summed E-state index contributed by atoms with van der Waals surface area (Å²) in [7, 11) is 0. The molecule has 0 aliphatic carbocycles. The molecule has 0 aromatic heterocycles. The second-order valence-electron chi connectivity index (χ2n) is 7.09. The van der Waals surface area contributed by atoms with Crippen molar-refractivity contribution < 1.29 is 14.3 Å². The molecule has 0 atom stereocenters. The molecule has 0 fully saturated rings. The summed E-state index contributed by atoms with van der Waals surface area (Å²) in [6, 6.07) is 21.5. The van der Waals surface area contributed by atoms with Crippen molar-refractivity contribution in [3.05, 3.63) is 105 Å². The predicted octanol–water partition coefficient (Wildman–Crippen LogP) is 6.12. The zero-order valence-corrected chi connectivity index (χ0v) is 19.4. The highest BCUT2D eigenvalue weighted by molar-refractivity contribution is 9.10. The molecular weight excluding hydrogens is 492 g/mol. The van der Waals surface area contributed by atoms with E-state index < -0.39 is 11.8 Å². The van der Waals surface area contributed by atoms with Crippen LogP contribution < -0.4 is 4.74 Å². The summed E-state index contributed by atoms with van der Waals surface area (Å²) in [6.07, 6.45) is 1.69. The molecule has 5 nitrogen and oxygen atoms in total. The first-order valence-electron chi connectivity index (χ1n) is 9.81. The molecule has 3 aromatic carbocycles. The Morgan fingerprint density at radius 1 is 1.09 bits per heavy atom. The molecule has 1 aliphatic rings. The van der Waals surface area contributed by atoms with Crippen molar-refractivity contribution in [2.45, 2.75) is 13.5 Å². The fraction of sp³-hybridized carbons (Fsp3) is 0.0800. The molecule has 0 bridgehead atoms. The number of hydrazone groups is 1. The summed E-state index contributed by atoms with van der Waals surface area (Å²) in [5.74, 6) is -0.370. The van der Waals surface area contributed by atoms with Crippen LogP contribution >= 0.6 is 27.5 Å². The molecule has 1 aliphatic heterocycles. The number of hydrogen-bond donors (Lipinski definition) is 0. The van der Waals surface area contributed by atoms with Crippen molar-refractivity contribution in [1.82, 2.24) is 5.01 Å². The standard InChI is InChI=1S/C25H18BrClN2O3/c1-16-21(25(31)29(28-16)24(30)17-7-3-2-4-8-17)14-19-13-20(26)11-12-23(19)32-15-18-9-5-6-10-22(18)27/h2-14H,15H2,1H3/b21-14+. The molecule has 7 heteroatoms. The van der Waals surface area contributed by atoms with Crippen LogP contribution in [0.1, 0.15) is 28.4 Å². The third-order valence-electron chi connectivity index (χ3n) is 4.89. The van der Waals surface area contributed by atoms with Crippen molar-refractivity contribution in [3.63, 3.8) is 0 Å². The van der Waals surface area contributed by atoms with Crippen molar-refractivity contribution in [2.24, 2.45) is 5.10 Å². The van der Waals surface area contributed by atoms with E-state index in [1.165, 1.54) is 0 Å². The number of halogens is 2. The SMILES string of the molecule is CC1=NN(C(=O)c2ccccc2)C(=O)/C1=C/c1cc(Br)ccc1OCc1ccccc1Cl. The highest BCUT2D eigenvalue weighted by Crippen LogP contribution is 2.29. The number of ether oxygens (including phenoxy) is 1. The normalized spacial score (nSPS) is 14.6. The second kappa shape index (κ2) is 9.51. The van der Waals surface area contributed by atoms with Gasteiger partial charge in [-0.3, -0.25) is 9.59 Å². The van der Waals surface area contributed by atoms with Crippen molar-refractivity contribution >= 4 is 51.1 Å². The van der Waals surface area contributed by atoms with Gasteiger partial charge in [0, 0.05) is 26.2 Å². The second-order valence-corrected chi connectivity index (χ2v) is 8.42. The van der Waals surface area contributed by atoms with E-state index in [4.69, 9.17) is 16.3 Å². The van der Waals surface area contributed by atoms with E-state index in [0.717, 1.165) is 15.0 Å². The lowest BCUT2D eigenvalue weighted by Crippen LogP contribution is -2.29. The van der Waals surface area contributed by atoms with E-state index in [9.17, 15) is 9.59 Å². The van der Waals surface area contributed by atoms with Gasteiger partial charge in [0.15, 0.2) is 0 Å².